The van der Waals surface area contributed by atoms with Gasteiger partial charge in [-0.3, -0.25) is 9.59 Å². The number of esters is 1. The highest BCUT2D eigenvalue weighted by atomic mass is 16.5. The number of fused-ring (bicyclic) bond motifs is 1. The summed E-state index contributed by atoms with van der Waals surface area (Å²) in [6.07, 6.45) is 19.1. The van der Waals surface area contributed by atoms with E-state index in [0.717, 1.165) is 56.9 Å². The van der Waals surface area contributed by atoms with Crippen molar-refractivity contribution in [2.75, 3.05) is 6.61 Å². The van der Waals surface area contributed by atoms with Gasteiger partial charge in [-0.25, -0.2) is 0 Å². The minimum atomic E-state index is -1.21. The highest BCUT2D eigenvalue weighted by molar-refractivity contribution is 6.08. The Bertz CT molecular complexity index is 1050. The van der Waals surface area contributed by atoms with E-state index in [1.165, 1.54) is 24.8 Å². The number of allylic oxidation sites excluding steroid dienone is 4. The second-order valence-corrected chi connectivity index (χ2v) is 14.3. The molecule has 0 unspecified atom stereocenters. The third kappa shape index (κ3) is 9.04. The summed E-state index contributed by atoms with van der Waals surface area (Å²) in [7, 11) is 0. The molecule has 0 aromatic rings. The molecule has 3 rings (SSSR count). The molecule has 0 radical (unpaired) electrons. The maximum absolute atomic E-state index is 13.0. The van der Waals surface area contributed by atoms with Crippen LogP contribution >= 0.6 is 0 Å². The van der Waals surface area contributed by atoms with E-state index in [2.05, 4.69) is 47.3 Å². The van der Waals surface area contributed by atoms with E-state index in [0.29, 0.717) is 30.9 Å². The van der Waals surface area contributed by atoms with E-state index >= 15 is 0 Å². The largest absolute Gasteiger partial charge is 0.465 e. The van der Waals surface area contributed by atoms with Crippen LogP contribution in [0, 0.1) is 22.7 Å². The molecule has 6 atom stereocenters. The fraction of sp³-hybridized carbons (Fsp3) is 0.737. The Morgan fingerprint density at radius 2 is 1.66 bits per heavy atom. The number of rotatable bonds is 12. The molecule has 0 amide bonds. The first kappa shape index (κ1) is 38.2. The van der Waals surface area contributed by atoms with Crippen LogP contribution in [0.5, 0.6) is 0 Å². The van der Waals surface area contributed by atoms with Crippen LogP contribution in [0.1, 0.15) is 132 Å². The summed E-state index contributed by atoms with van der Waals surface area (Å²) in [5.41, 5.74) is 8.22. The Hall–Kier alpha value is -2.02. The van der Waals surface area contributed by atoms with Gasteiger partial charge in [0.1, 0.15) is 5.41 Å². The van der Waals surface area contributed by atoms with Crippen molar-refractivity contribution in [3.8, 4) is 0 Å². The predicted molar refractivity (Wildman–Crippen MR) is 181 cm³/mol. The summed E-state index contributed by atoms with van der Waals surface area (Å²) in [5.74, 6) is -0.248. The number of aliphatic hydroxyl groups is 2. The van der Waals surface area contributed by atoms with Gasteiger partial charge in [-0.05, 0) is 99.7 Å². The van der Waals surface area contributed by atoms with Gasteiger partial charge in [-0.2, -0.15) is 0 Å². The Balaban J connectivity index is 0.00000125. The third-order valence-electron chi connectivity index (χ3n) is 10.7. The highest BCUT2D eigenvalue weighted by Gasteiger charge is 2.58. The molecule has 3 aliphatic rings. The van der Waals surface area contributed by atoms with Gasteiger partial charge in [0.15, 0.2) is 5.78 Å². The Morgan fingerprint density at radius 3 is 2.23 bits per heavy atom. The molecule has 0 heterocycles. The number of hydrogen-bond donors (Lipinski definition) is 3. The highest BCUT2D eigenvalue weighted by Crippen LogP contribution is 2.60. The van der Waals surface area contributed by atoms with Crippen molar-refractivity contribution in [1.82, 2.24) is 0 Å². The molecule has 0 aromatic heterocycles. The monoisotopic (exact) mass is 613 g/mol. The lowest BCUT2D eigenvalue weighted by atomic mass is 9.57. The van der Waals surface area contributed by atoms with Crippen molar-refractivity contribution in [2.45, 2.75) is 150 Å². The van der Waals surface area contributed by atoms with Crippen LogP contribution in [-0.2, 0) is 14.3 Å². The van der Waals surface area contributed by atoms with Crippen LogP contribution in [0.15, 0.2) is 47.6 Å². The van der Waals surface area contributed by atoms with Crippen LogP contribution in [0.3, 0.4) is 0 Å². The van der Waals surface area contributed by atoms with Gasteiger partial charge in [0, 0.05) is 5.54 Å². The van der Waals surface area contributed by atoms with E-state index in [1.807, 2.05) is 12.2 Å². The number of ether oxygens (including phenoxy) is 1. The number of carbonyl (C=O) groups is 2. The average molecular weight is 614 g/mol. The maximum atomic E-state index is 13.0. The molecule has 6 heteroatoms. The van der Waals surface area contributed by atoms with Gasteiger partial charge in [0.25, 0.3) is 0 Å². The van der Waals surface area contributed by atoms with Gasteiger partial charge in [0.2, 0.25) is 0 Å². The summed E-state index contributed by atoms with van der Waals surface area (Å²) in [6.45, 7) is 18.4. The van der Waals surface area contributed by atoms with Crippen molar-refractivity contribution >= 4 is 11.8 Å². The van der Waals surface area contributed by atoms with Gasteiger partial charge >= 0.3 is 5.97 Å². The zero-order valence-electron chi connectivity index (χ0n) is 28.9. The minimum absolute atomic E-state index is 0.115. The number of nitrogens with two attached hydrogens (primary N) is 1. The van der Waals surface area contributed by atoms with Gasteiger partial charge in [0.05, 0.1) is 18.8 Å². The van der Waals surface area contributed by atoms with Crippen molar-refractivity contribution in [1.29, 1.82) is 0 Å². The second kappa shape index (κ2) is 17.1. The fourth-order valence-corrected chi connectivity index (χ4v) is 7.35. The van der Waals surface area contributed by atoms with Crippen LogP contribution in [0.4, 0.5) is 0 Å². The van der Waals surface area contributed by atoms with E-state index in [-0.39, 0.29) is 17.1 Å². The molecule has 0 aliphatic heterocycles. The average Bonchev–Trinajstić information content (AvgIpc) is 3.27. The molecular weight excluding hydrogens is 550 g/mol. The summed E-state index contributed by atoms with van der Waals surface area (Å²) in [4.78, 5) is 25.6. The quantitative estimate of drug-likeness (QED) is 0.0678. The zero-order valence-corrected chi connectivity index (χ0v) is 28.9. The van der Waals surface area contributed by atoms with E-state index in [4.69, 9.17) is 10.5 Å². The first-order valence-electron chi connectivity index (χ1n) is 17.3. The molecule has 0 saturated heterocycles. The molecule has 0 bridgehead atoms. The number of unbranched alkanes of at least 4 members (excludes halogenated alkanes) is 4. The first-order valence-corrected chi connectivity index (χ1v) is 17.3. The number of ketones is 1. The summed E-state index contributed by atoms with van der Waals surface area (Å²) in [5, 5.41) is 20.4. The molecule has 0 aromatic carbocycles. The van der Waals surface area contributed by atoms with E-state index in [1.54, 1.807) is 19.9 Å². The van der Waals surface area contributed by atoms with Crippen molar-refractivity contribution in [3.63, 3.8) is 0 Å². The molecule has 3 aliphatic carbocycles. The van der Waals surface area contributed by atoms with Gasteiger partial charge < -0.3 is 20.7 Å². The second-order valence-electron chi connectivity index (χ2n) is 14.3. The van der Waals surface area contributed by atoms with Gasteiger partial charge in [-0.15, -0.1) is 0 Å². The van der Waals surface area contributed by atoms with Crippen molar-refractivity contribution in [3.05, 3.63) is 47.6 Å². The molecule has 0 spiro atoms. The lowest BCUT2D eigenvalue weighted by Gasteiger charge is -2.50. The summed E-state index contributed by atoms with van der Waals surface area (Å²) in [6, 6.07) is 0. The lowest BCUT2D eigenvalue weighted by molar-refractivity contribution is -0.157. The topological polar surface area (TPSA) is 110 Å². The first-order chi connectivity index (χ1) is 20.7. The number of carbonyl (C=O) groups excluding carboxylic acids is 2. The molecule has 4 N–H and O–H groups in total. The summed E-state index contributed by atoms with van der Waals surface area (Å²) < 4.78 is 5.38. The van der Waals surface area contributed by atoms with Crippen LogP contribution < -0.4 is 5.73 Å². The van der Waals surface area contributed by atoms with E-state index < -0.39 is 29.1 Å². The molecule has 3 fully saturated rings. The van der Waals surface area contributed by atoms with Crippen LogP contribution in [0.2, 0.25) is 0 Å². The molecule has 6 nitrogen and oxygen atoms in total. The summed E-state index contributed by atoms with van der Waals surface area (Å²) >= 11 is 0. The minimum Gasteiger partial charge on any atom is -0.465 e. The maximum Gasteiger partial charge on any atom is 0.319 e. The SMILES string of the molecule is C=C1[C@H](O)CC(=C/C=C2\CCC[C@]3(C)[C@@H]([C@H](C)/C=C/C(=O)C(C)(C)C(=O)OCCCCC)CC[C@@]23N)C[C@H]1O.CCCCC. The zero-order chi connectivity index (χ0) is 33.1. The van der Waals surface area contributed by atoms with Crippen molar-refractivity contribution < 1.29 is 24.5 Å². The van der Waals surface area contributed by atoms with Gasteiger partial charge in [-0.1, -0.05) is 97.1 Å². The molecular formula is C38H63NO5. The molecule has 250 valence electrons. The normalized spacial score (nSPS) is 30.5. The Morgan fingerprint density at radius 1 is 1.05 bits per heavy atom. The van der Waals surface area contributed by atoms with E-state index in [9.17, 15) is 19.8 Å². The standard InChI is InChI=1S/C33H51NO5.C5H12/c1-7-8-9-19-39-30(38)31(4,5)29(37)15-12-22(2)26-16-18-33(34)25(11-10-17-32(26,33)6)14-13-24-20-27(35)23(3)28(36)21-24;1-3-5-4-2/h12-15,22,26-28,35-36H,3,7-11,16-21,34H2,1-2,4-6H3;3-5H2,1-2H3/b15-12+,25-14+;/t22-,26-,27-,28-,32-,33-;/m1./s1. The van der Waals surface area contributed by atoms with Crippen LogP contribution in [0.25, 0.3) is 0 Å². The predicted octanol–water partition coefficient (Wildman–Crippen LogP) is 7.93. The Labute approximate surface area is 268 Å². The lowest BCUT2D eigenvalue weighted by Crippen LogP contribution is -2.56. The number of aliphatic hydroxyl groups excluding tert-OH is 2. The van der Waals surface area contributed by atoms with Crippen molar-refractivity contribution in [2.24, 2.45) is 28.4 Å². The molecule has 44 heavy (non-hydrogen) atoms. The smallest absolute Gasteiger partial charge is 0.319 e. The fourth-order valence-electron chi connectivity index (χ4n) is 7.35. The Kier molecular flexibility index (Phi) is 14.8. The molecule has 3 saturated carbocycles. The number of hydrogen-bond acceptors (Lipinski definition) is 6. The third-order valence-corrected chi connectivity index (χ3v) is 10.7. The van der Waals surface area contributed by atoms with Crippen LogP contribution in [-0.4, -0.2) is 46.3 Å².